The molecule has 6 heteroatoms. The maximum atomic E-state index is 11.9. The second-order valence-corrected chi connectivity index (χ2v) is 4.70. The summed E-state index contributed by atoms with van der Waals surface area (Å²) < 4.78 is 11.0. The minimum atomic E-state index is -0.738. The topological polar surface area (TPSA) is 76.8 Å². The standard InChI is InChI=1S/C13H19N3O3/c1-8-6-10-11(19-5-4-18-10)7-9(8)12(14)13(17)15-16(2)3/h6-7,12H,4-5,14H2,1-3H3,(H,15,17). The second-order valence-electron chi connectivity index (χ2n) is 4.70. The highest BCUT2D eigenvalue weighted by atomic mass is 16.6. The number of nitrogens with one attached hydrogen (secondary N) is 1. The largest absolute Gasteiger partial charge is 0.486 e. The zero-order valence-corrected chi connectivity index (χ0v) is 11.4. The molecule has 0 spiro atoms. The Balaban J connectivity index is 2.26. The average molecular weight is 265 g/mol. The van der Waals surface area contributed by atoms with Crippen molar-refractivity contribution in [2.75, 3.05) is 27.3 Å². The first-order valence-electron chi connectivity index (χ1n) is 6.12. The molecule has 0 aromatic heterocycles. The van der Waals surface area contributed by atoms with Crippen molar-refractivity contribution in [2.24, 2.45) is 5.73 Å². The lowest BCUT2D eigenvalue weighted by molar-refractivity contribution is -0.126. The number of carbonyl (C=O) groups is 1. The number of hydrazine groups is 1. The van der Waals surface area contributed by atoms with Gasteiger partial charge in [-0.25, -0.2) is 5.01 Å². The molecule has 0 saturated carbocycles. The first-order valence-corrected chi connectivity index (χ1v) is 6.12. The maximum absolute atomic E-state index is 11.9. The number of fused-ring (bicyclic) bond motifs is 1. The van der Waals surface area contributed by atoms with Crippen molar-refractivity contribution in [1.29, 1.82) is 0 Å². The van der Waals surface area contributed by atoms with Crippen LogP contribution < -0.4 is 20.6 Å². The zero-order chi connectivity index (χ0) is 14.0. The Morgan fingerprint density at radius 1 is 1.32 bits per heavy atom. The highest BCUT2D eigenvalue weighted by Gasteiger charge is 2.22. The predicted octanol–water partition coefficient (Wildman–Crippen LogP) is 0.359. The molecular formula is C13H19N3O3. The van der Waals surface area contributed by atoms with E-state index in [1.807, 2.05) is 13.0 Å². The van der Waals surface area contributed by atoms with Crippen molar-refractivity contribution in [2.45, 2.75) is 13.0 Å². The maximum Gasteiger partial charge on any atom is 0.255 e. The minimum absolute atomic E-state index is 0.259. The fraction of sp³-hybridized carbons (Fsp3) is 0.462. The lowest BCUT2D eigenvalue weighted by Gasteiger charge is -2.23. The molecule has 0 radical (unpaired) electrons. The number of aryl methyl sites for hydroxylation is 1. The molecule has 0 aliphatic carbocycles. The van der Waals surface area contributed by atoms with Gasteiger partial charge in [0.25, 0.3) is 5.91 Å². The smallest absolute Gasteiger partial charge is 0.255 e. The third-order valence-corrected chi connectivity index (χ3v) is 2.88. The lowest BCUT2D eigenvalue weighted by atomic mass is 10.0. The Labute approximate surface area is 112 Å². The van der Waals surface area contributed by atoms with E-state index < -0.39 is 6.04 Å². The van der Waals surface area contributed by atoms with Crippen LogP contribution in [-0.4, -0.2) is 38.2 Å². The van der Waals surface area contributed by atoms with E-state index in [0.717, 1.165) is 11.1 Å². The number of rotatable bonds is 3. The predicted molar refractivity (Wildman–Crippen MR) is 70.9 cm³/mol. The van der Waals surface area contributed by atoms with E-state index in [4.69, 9.17) is 15.2 Å². The summed E-state index contributed by atoms with van der Waals surface area (Å²) >= 11 is 0. The number of hydrogen-bond acceptors (Lipinski definition) is 5. The van der Waals surface area contributed by atoms with Gasteiger partial charge in [-0.1, -0.05) is 0 Å². The zero-order valence-electron chi connectivity index (χ0n) is 11.4. The molecule has 1 aliphatic rings. The van der Waals surface area contributed by atoms with Crippen molar-refractivity contribution in [1.82, 2.24) is 10.4 Å². The quantitative estimate of drug-likeness (QED) is 0.772. The van der Waals surface area contributed by atoms with E-state index in [-0.39, 0.29) is 5.91 Å². The van der Waals surface area contributed by atoms with Crippen LogP contribution in [0.5, 0.6) is 11.5 Å². The summed E-state index contributed by atoms with van der Waals surface area (Å²) in [6, 6.07) is 2.90. The summed E-state index contributed by atoms with van der Waals surface area (Å²) in [5.74, 6) is 1.08. The highest BCUT2D eigenvalue weighted by Crippen LogP contribution is 2.34. The molecule has 1 unspecified atom stereocenters. The number of nitrogens with two attached hydrogens (primary N) is 1. The number of hydrogen-bond donors (Lipinski definition) is 2. The van der Waals surface area contributed by atoms with Gasteiger partial charge in [-0.15, -0.1) is 0 Å². The molecule has 1 aromatic rings. The molecule has 1 amide bonds. The summed E-state index contributed by atoms with van der Waals surface area (Å²) in [6.07, 6.45) is 0. The molecule has 0 bridgehead atoms. The molecular weight excluding hydrogens is 246 g/mol. The Bertz CT molecular complexity index is 488. The van der Waals surface area contributed by atoms with Crippen LogP contribution in [0.4, 0.5) is 0 Å². The SMILES string of the molecule is Cc1cc2c(cc1C(N)C(=O)NN(C)C)OCCO2. The van der Waals surface area contributed by atoms with Crippen molar-refractivity contribution >= 4 is 5.91 Å². The van der Waals surface area contributed by atoms with Crippen molar-refractivity contribution < 1.29 is 14.3 Å². The molecule has 1 heterocycles. The number of carbonyl (C=O) groups excluding carboxylic acids is 1. The van der Waals surface area contributed by atoms with E-state index in [9.17, 15) is 4.79 Å². The van der Waals surface area contributed by atoms with Crippen LogP contribution in [0.1, 0.15) is 17.2 Å². The van der Waals surface area contributed by atoms with Crippen molar-refractivity contribution in [3.05, 3.63) is 23.3 Å². The molecule has 2 rings (SSSR count). The van der Waals surface area contributed by atoms with Crippen LogP contribution >= 0.6 is 0 Å². The van der Waals surface area contributed by atoms with Gasteiger partial charge in [0, 0.05) is 14.1 Å². The molecule has 0 fully saturated rings. The van der Waals surface area contributed by atoms with Gasteiger partial charge >= 0.3 is 0 Å². The summed E-state index contributed by atoms with van der Waals surface area (Å²) in [4.78, 5) is 11.9. The Hall–Kier alpha value is -1.79. The summed E-state index contributed by atoms with van der Waals surface area (Å²) in [5, 5.41) is 1.57. The number of ether oxygens (including phenoxy) is 2. The molecule has 3 N–H and O–H groups in total. The number of benzene rings is 1. The van der Waals surface area contributed by atoms with Crippen LogP contribution in [0.25, 0.3) is 0 Å². The Morgan fingerprint density at radius 3 is 2.47 bits per heavy atom. The molecule has 0 saturated heterocycles. The third-order valence-electron chi connectivity index (χ3n) is 2.88. The molecule has 104 valence electrons. The normalized spacial score (nSPS) is 15.2. The number of nitrogens with zero attached hydrogens (tertiary/aromatic N) is 1. The van der Waals surface area contributed by atoms with Gasteiger partial charge in [0.2, 0.25) is 0 Å². The summed E-state index contributed by atoms with van der Waals surface area (Å²) in [5.41, 5.74) is 10.3. The third kappa shape index (κ3) is 2.97. The van der Waals surface area contributed by atoms with E-state index in [0.29, 0.717) is 24.7 Å². The number of amides is 1. The van der Waals surface area contributed by atoms with Gasteiger partial charge < -0.3 is 15.2 Å². The van der Waals surface area contributed by atoms with E-state index >= 15 is 0 Å². The molecule has 19 heavy (non-hydrogen) atoms. The van der Waals surface area contributed by atoms with Crippen LogP contribution in [-0.2, 0) is 4.79 Å². The lowest BCUT2D eigenvalue weighted by Crippen LogP contribution is -2.42. The van der Waals surface area contributed by atoms with Gasteiger partial charge in [0.15, 0.2) is 11.5 Å². The fourth-order valence-corrected chi connectivity index (χ4v) is 1.97. The highest BCUT2D eigenvalue weighted by molar-refractivity contribution is 5.83. The molecule has 6 nitrogen and oxygen atoms in total. The molecule has 1 aliphatic heterocycles. The Kier molecular flexibility index (Phi) is 3.92. The van der Waals surface area contributed by atoms with E-state index in [1.165, 1.54) is 0 Å². The molecule has 1 aromatic carbocycles. The van der Waals surface area contributed by atoms with Crippen molar-refractivity contribution in [3.63, 3.8) is 0 Å². The van der Waals surface area contributed by atoms with Gasteiger partial charge in [-0.05, 0) is 30.2 Å². The van der Waals surface area contributed by atoms with E-state index in [1.54, 1.807) is 25.2 Å². The van der Waals surface area contributed by atoms with Crippen LogP contribution in [0.3, 0.4) is 0 Å². The van der Waals surface area contributed by atoms with Gasteiger partial charge in [-0.2, -0.15) is 0 Å². The van der Waals surface area contributed by atoms with Crippen LogP contribution in [0, 0.1) is 6.92 Å². The second kappa shape index (κ2) is 5.46. The average Bonchev–Trinajstić information content (AvgIpc) is 2.36. The first-order chi connectivity index (χ1) is 8.99. The summed E-state index contributed by atoms with van der Waals surface area (Å²) in [7, 11) is 3.47. The Morgan fingerprint density at radius 2 is 1.89 bits per heavy atom. The van der Waals surface area contributed by atoms with Crippen LogP contribution in [0.15, 0.2) is 12.1 Å². The van der Waals surface area contributed by atoms with Crippen molar-refractivity contribution in [3.8, 4) is 11.5 Å². The fourth-order valence-electron chi connectivity index (χ4n) is 1.97. The van der Waals surface area contributed by atoms with Gasteiger partial charge in [0.05, 0.1) is 0 Å². The first kappa shape index (κ1) is 13.6. The summed E-state index contributed by atoms with van der Waals surface area (Å²) in [6.45, 7) is 2.95. The van der Waals surface area contributed by atoms with Crippen LogP contribution in [0.2, 0.25) is 0 Å². The van der Waals surface area contributed by atoms with Gasteiger partial charge in [-0.3, -0.25) is 10.2 Å². The minimum Gasteiger partial charge on any atom is -0.486 e. The van der Waals surface area contributed by atoms with Gasteiger partial charge in [0.1, 0.15) is 19.3 Å². The van der Waals surface area contributed by atoms with E-state index in [2.05, 4.69) is 5.43 Å². The monoisotopic (exact) mass is 265 g/mol. The molecule has 1 atom stereocenters.